The van der Waals surface area contributed by atoms with Crippen LogP contribution in [0.15, 0.2) is 0 Å². The molecule has 0 aromatic rings. The summed E-state index contributed by atoms with van der Waals surface area (Å²) in [5.41, 5.74) is 0. The molecule has 0 aliphatic heterocycles. The number of likely N-dealkylation sites (N-methyl/N-ethyl adjacent to an activating group) is 2. The molecule has 0 aliphatic carbocycles. The number of aliphatic carboxylic acids is 1. The van der Waals surface area contributed by atoms with Gasteiger partial charge in [-0.15, -0.1) is 0 Å². The number of unbranched alkanes of at least 4 members (excludes halogenated alkanes) is 2. The molecule has 0 saturated carbocycles. The Bertz CT molecular complexity index is 318. The van der Waals surface area contributed by atoms with Gasteiger partial charge in [0.1, 0.15) is 6.54 Å². The quantitative estimate of drug-likeness (QED) is 0.625. The largest absolute Gasteiger partial charge is 0.481 e. The van der Waals surface area contributed by atoms with E-state index in [1.807, 2.05) is 0 Å². The van der Waals surface area contributed by atoms with Crippen molar-refractivity contribution in [3.63, 3.8) is 0 Å². The smallest absolute Gasteiger partial charge is 0.317 e. The van der Waals surface area contributed by atoms with Crippen LogP contribution in [0.25, 0.3) is 0 Å². The Kier molecular flexibility index (Phi) is 8.32. The molecule has 7 heteroatoms. The molecule has 0 spiro atoms. The molecule has 0 heterocycles. The fraction of sp³-hybridized carbons (Fsp3) is 0.750. The first kappa shape index (κ1) is 17.2. The Balaban J connectivity index is 3.68. The van der Waals surface area contributed by atoms with E-state index in [-0.39, 0.29) is 24.9 Å². The number of carbonyl (C=O) groups excluding carboxylic acids is 2. The van der Waals surface area contributed by atoms with E-state index in [4.69, 9.17) is 5.11 Å². The summed E-state index contributed by atoms with van der Waals surface area (Å²) in [5, 5.41) is 11.1. The van der Waals surface area contributed by atoms with Gasteiger partial charge in [0, 0.05) is 34.1 Å². The van der Waals surface area contributed by atoms with Crippen LogP contribution in [0.5, 0.6) is 0 Å². The van der Waals surface area contributed by atoms with Crippen molar-refractivity contribution in [1.82, 2.24) is 15.1 Å². The molecule has 3 amide bonds. The fourth-order valence-electron chi connectivity index (χ4n) is 1.32. The molecule has 0 atom stereocenters. The highest BCUT2D eigenvalue weighted by molar-refractivity contribution is 5.83. The third kappa shape index (κ3) is 8.87. The molecule has 0 aliphatic rings. The van der Waals surface area contributed by atoms with Gasteiger partial charge in [0.15, 0.2) is 0 Å². The van der Waals surface area contributed by atoms with Crippen molar-refractivity contribution < 1.29 is 19.5 Å². The molecule has 2 N–H and O–H groups in total. The Labute approximate surface area is 113 Å². The highest BCUT2D eigenvalue weighted by atomic mass is 16.4. The summed E-state index contributed by atoms with van der Waals surface area (Å²) in [6.45, 7) is 0.525. The molecule has 0 unspecified atom stereocenters. The third-order valence-electron chi connectivity index (χ3n) is 2.56. The molecule has 0 bridgehead atoms. The molecule has 0 aromatic carbocycles. The van der Waals surface area contributed by atoms with E-state index in [1.165, 1.54) is 9.80 Å². The van der Waals surface area contributed by atoms with Gasteiger partial charge in [0.25, 0.3) is 0 Å². The van der Waals surface area contributed by atoms with Gasteiger partial charge >= 0.3 is 12.0 Å². The van der Waals surface area contributed by atoms with Crippen LogP contribution in [-0.2, 0) is 9.59 Å². The van der Waals surface area contributed by atoms with Gasteiger partial charge in [0.05, 0.1) is 0 Å². The normalized spacial score (nSPS) is 9.84. The number of rotatable bonds is 8. The Morgan fingerprint density at radius 3 is 2.21 bits per heavy atom. The van der Waals surface area contributed by atoms with E-state index >= 15 is 0 Å². The molecule has 7 nitrogen and oxygen atoms in total. The molecule has 110 valence electrons. The van der Waals surface area contributed by atoms with Crippen molar-refractivity contribution in [2.24, 2.45) is 0 Å². The van der Waals surface area contributed by atoms with Gasteiger partial charge in [-0.05, 0) is 12.8 Å². The van der Waals surface area contributed by atoms with Crippen molar-refractivity contribution in [3.05, 3.63) is 0 Å². The maximum Gasteiger partial charge on any atom is 0.317 e. The van der Waals surface area contributed by atoms with E-state index in [1.54, 1.807) is 21.1 Å². The fourth-order valence-corrected chi connectivity index (χ4v) is 1.32. The van der Waals surface area contributed by atoms with Crippen molar-refractivity contribution in [2.75, 3.05) is 34.2 Å². The summed E-state index contributed by atoms with van der Waals surface area (Å²) in [6.07, 6.45) is 2.26. The minimum Gasteiger partial charge on any atom is -0.481 e. The second-order valence-corrected chi connectivity index (χ2v) is 4.58. The lowest BCUT2D eigenvalue weighted by molar-refractivity contribution is -0.137. The van der Waals surface area contributed by atoms with Gasteiger partial charge in [-0.1, -0.05) is 6.42 Å². The topological polar surface area (TPSA) is 90.0 Å². The summed E-state index contributed by atoms with van der Waals surface area (Å²) >= 11 is 0. The summed E-state index contributed by atoms with van der Waals surface area (Å²) in [4.78, 5) is 36.0. The Morgan fingerprint density at radius 1 is 1.05 bits per heavy atom. The zero-order valence-corrected chi connectivity index (χ0v) is 11.8. The lowest BCUT2D eigenvalue weighted by Crippen LogP contribution is -2.43. The van der Waals surface area contributed by atoms with Gasteiger partial charge in [0.2, 0.25) is 5.91 Å². The van der Waals surface area contributed by atoms with Crippen molar-refractivity contribution >= 4 is 17.9 Å². The van der Waals surface area contributed by atoms with E-state index in [0.717, 1.165) is 12.8 Å². The van der Waals surface area contributed by atoms with Crippen LogP contribution in [-0.4, -0.2) is 67.0 Å². The summed E-state index contributed by atoms with van der Waals surface area (Å²) < 4.78 is 0. The van der Waals surface area contributed by atoms with E-state index in [9.17, 15) is 14.4 Å². The zero-order valence-electron chi connectivity index (χ0n) is 11.8. The predicted molar refractivity (Wildman–Crippen MR) is 70.8 cm³/mol. The van der Waals surface area contributed by atoms with E-state index < -0.39 is 5.97 Å². The molecular formula is C12H23N3O4. The monoisotopic (exact) mass is 273 g/mol. The molecular weight excluding hydrogens is 250 g/mol. The van der Waals surface area contributed by atoms with Crippen molar-refractivity contribution in [1.29, 1.82) is 0 Å². The van der Waals surface area contributed by atoms with Crippen LogP contribution in [0.1, 0.15) is 25.7 Å². The number of carboxylic acids is 1. The summed E-state index contributed by atoms with van der Waals surface area (Å²) in [6, 6.07) is -0.298. The number of hydrogen-bond donors (Lipinski definition) is 2. The average Bonchev–Trinajstić information content (AvgIpc) is 2.32. The number of amides is 3. The first-order chi connectivity index (χ1) is 8.84. The first-order valence-electron chi connectivity index (χ1n) is 6.25. The number of carboxylic acid groups (broad SMARTS) is 1. The second-order valence-electron chi connectivity index (χ2n) is 4.58. The number of hydrogen-bond acceptors (Lipinski definition) is 3. The first-order valence-corrected chi connectivity index (χ1v) is 6.25. The van der Waals surface area contributed by atoms with Gasteiger partial charge in [-0.25, -0.2) is 4.79 Å². The summed E-state index contributed by atoms with van der Waals surface area (Å²) in [5.74, 6) is -0.940. The van der Waals surface area contributed by atoms with Gasteiger partial charge < -0.3 is 20.2 Å². The van der Waals surface area contributed by atoms with Crippen LogP contribution in [0.2, 0.25) is 0 Å². The van der Waals surface area contributed by atoms with Crippen LogP contribution < -0.4 is 5.32 Å². The lowest BCUT2D eigenvalue weighted by atomic mass is 10.2. The van der Waals surface area contributed by atoms with Crippen LogP contribution in [0, 0.1) is 0 Å². The molecule has 19 heavy (non-hydrogen) atoms. The number of nitrogens with zero attached hydrogens (tertiary/aromatic N) is 2. The molecule has 0 aromatic heterocycles. The Morgan fingerprint density at radius 2 is 1.68 bits per heavy atom. The van der Waals surface area contributed by atoms with E-state index in [0.29, 0.717) is 13.0 Å². The lowest BCUT2D eigenvalue weighted by Gasteiger charge is -2.19. The molecule has 0 rings (SSSR count). The number of urea groups is 1. The van der Waals surface area contributed by atoms with Crippen LogP contribution in [0.4, 0.5) is 4.79 Å². The molecule has 0 saturated heterocycles. The van der Waals surface area contributed by atoms with Gasteiger partial charge in [-0.2, -0.15) is 0 Å². The number of nitrogens with one attached hydrogen (secondary N) is 1. The van der Waals surface area contributed by atoms with Crippen molar-refractivity contribution in [3.8, 4) is 0 Å². The SMILES string of the molecule is CN(C)C(=O)CN(C)C(=O)NCCCCCC(=O)O. The van der Waals surface area contributed by atoms with Crippen LogP contribution in [0.3, 0.4) is 0 Å². The standard InChI is InChI=1S/C12H23N3O4/c1-14(2)10(16)9-15(3)12(19)13-8-6-4-5-7-11(17)18/h4-9H2,1-3H3,(H,13,19)(H,17,18). The zero-order chi connectivity index (χ0) is 14.8. The number of carbonyl (C=O) groups is 3. The average molecular weight is 273 g/mol. The maximum absolute atomic E-state index is 11.6. The highest BCUT2D eigenvalue weighted by Crippen LogP contribution is 1.98. The minimum absolute atomic E-state index is 0.0395. The predicted octanol–water partition coefficient (Wildman–Crippen LogP) is 0.361. The third-order valence-corrected chi connectivity index (χ3v) is 2.56. The van der Waals surface area contributed by atoms with E-state index in [2.05, 4.69) is 5.32 Å². The second kappa shape index (κ2) is 9.18. The summed E-state index contributed by atoms with van der Waals surface area (Å²) in [7, 11) is 4.83. The van der Waals surface area contributed by atoms with Crippen molar-refractivity contribution in [2.45, 2.75) is 25.7 Å². The molecule has 0 radical (unpaired) electrons. The maximum atomic E-state index is 11.6. The van der Waals surface area contributed by atoms with Crippen LogP contribution >= 0.6 is 0 Å². The minimum atomic E-state index is -0.800. The molecule has 0 fully saturated rings. The Hall–Kier alpha value is -1.79. The van der Waals surface area contributed by atoms with Gasteiger partial charge in [-0.3, -0.25) is 9.59 Å². The highest BCUT2D eigenvalue weighted by Gasteiger charge is 2.13.